The molecule has 1 fully saturated rings. The molecule has 0 bridgehead atoms. The van der Waals surface area contributed by atoms with Gasteiger partial charge in [-0.15, -0.1) is 0 Å². The Hall–Kier alpha value is -3.49. The van der Waals surface area contributed by atoms with Gasteiger partial charge in [0.05, 0.1) is 31.7 Å². The molecule has 1 saturated heterocycles. The maximum Gasteiger partial charge on any atom is 0.339 e. The van der Waals surface area contributed by atoms with E-state index >= 15 is 0 Å². The number of rotatable bonds is 6. The number of carbonyl (C=O) groups is 1. The van der Waals surface area contributed by atoms with Crippen LogP contribution >= 0.6 is 0 Å². The number of para-hydroxylation sites is 1. The average Bonchev–Trinajstić information content (AvgIpc) is 2.81. The van der Waals surface area contributed by atoms with Crippen LogP contribution in [0.15, 0.2) is 54.7 Å². The van der Waals surface area contributed by atoms with Crippen LogP contribution in [0.4, 0.5) is 11.6 Å². The van der Waals surface area contributed by atoms with Crippen LogP contribution in [0, 0.1) is 6.92 Å². The fourth-order valence-electron chi connectivity index (χ4n) is 3.57. The largest absolute Gasteiger partial charge is 0.496 e. The van der Waals surface area contributed by atoms with Crippen LogP contribution in [0.1, 0.15) is 15.9 Å². The second kappa shape index (κ2) is 9.11. The molecule has 1 N–H and O–H groups in total. The molecule has 0 unspecified atom stereocenters. The van der Waals surface area contributed by atoms with E-state index in [-0.39, 0.29) is 11.3 Å². The summed E-state index contributed by atoms with van der Waals surface area (Å²) in [6, 6.07) is 14.9. The SMILES string of the molecule is COc1cc(-c2nc(N(c3ccccc3)N3CCOCC3)ncc2C)ccc1C(=O)O. The zero-order valence-electron chi connectivity index (χ0n) is 17.5. The first kappa shape index (κ1) is 20.8. The van der Waals surface area contributed by atoms with Crippen molar-refractivity contribution >= 4 is 17.6 Å². The number of nitrogens with zero attached hydrogens (tertiary/aromatic N) is 4. The van der Waals surface area contributed by atoms with Crippen LogP contribution in [0.2, 0.25) is 0 Å². The molecule has 1 aromatic heterocycles. The summed E-state index contributed by atoms with van der Waals surface area (Å²) >= 11 is 0. The molecule has 0 saturated carbocycles. The summed E-state index contributed by atoms with van der Waals surface area (Å²) in [6.45, 7) is 4.65. The van der Waals surface area contributed by atoms with Crippen molar-refractivity contribution in [1.82, 2.24) is 15.0 Å². The van der Waals surface area contributed by atoms with Crippen molar-refractivity contribution in [3.63, 3.8) is 0 Å². The lowest BCUT2D eigenvalue weighted by atomic mass is 10.0. The van der Waals surface area contributed by atoms with E-state index < -0.39 is 5.97 Å². The highest BCUT2D eigenvalue weighted by Crippen LogP contribution is 2.31. The van der Waals surface area contributed by atoms with Gasteiger partial charge in [-0.05, 0) is 36.8 Å². The first-order chi connectivity index (χ1) is 15.1. The van der Waals surface area contributed by atoms with Gasteiger partial charge in [-0.3, -0.25) is 0 Å². The van der Waals surface area contributed by atoms with E-state index in [0.717, 1.165) is 35.6 Å². The predicted molar refractivity (Wildman–Crippen MR) is 117 cm³/mol. The molecule has 0 atom stereocenters. The topological polar surface area (TPSA) is 88.0 Å². The maximum atomic E-state index is 11.4. The number of methoxy groups -OCH3 is 1. The van der Waals surface area contributed by atoms with Gasteiger partial charge in [0.1, 0.15) is 11.3 Å². The summed E-state index contributed by atoms with van der Waals surface area (Å²) in [4.78, 5) is 20.9. The van der Waals surface area contributed by atoms with Crippen molar-refractivity contribution in [2.24, 2.45) is 0 Å². The molecule has 8 heteroatoms. The highest BCUT2D eigenvalue weighted by atomic mass is 16.5. The van der Waals surface area contributed by atoms with Crippen molar-refractivity contribution < 1.29 is 19.4 Å². The summed E-state index contributed by atoms with van der Waals surface area (Å²) in [6.07, 6.45) is 1.78. The highest BCUT2D eigenvalue weighted by Gasteiger charge is 2.24. The lowest BCUT2D eigenvalue weighted by Gasteiger charge is -2.37. The van der Waals surface area contributed by atoms with Crippen LogP contribution in [-0.2, 0) is 4.74 Å². The fourth-order valence-corrected chi connectivity index (χ4v) is 3.57. The number of anilines is 2. The number of carboxylic acids is 1. The van der Waals surface area contributed by atoms with Crippen LogP contribution in [0.3, 0.4) is 0 Å². The third-order valence-electron chi connectivity index (χ3n) is 5.12. The molecular formula is C23H24N4O4. The van der Waals surface area contributed by atoms with E-state index in [1.807, 2.05) is 42.3 Å². The average molecular weight is 420 g/mol. The van der Waals surface area contributed by atoms with E-state index in [1.165, 1.54) is 13.2 Å². The molecule has 2 aromatic carbocycles. The van der Waals surface area contributed by atoms with Crippen molar-refractivity contribution in [3.8, 4) is 17.0 Å². The van der Waals surface area contributed by atoms with Gasteiger partial charge in [-0.25, -0.2) is 24.8 Å². The second-order valence-corrected chi connectivity index (χ2v) is 7.14. The second-order valence-electron chi connectivity index (χ2n) is 7.14. The number of aromatic carboxylic acids is 1. The van der Waals surface area contributed by atoms with Crippen molar-refractivity contribution in [3.05, 3.63) is 65.9 Å². The summed E-state index contributed by atoms with van der Waals surface area (Å²) in [5.41, 5.74) is 3.42. The molecule has 31 heavy (non-hydrogen) atoms. The molecule has 1 aliphatic rings. The number of aryl methyl sites for hydroxylation is 1. The normalized spacial score (nSPS) is 14.3. The molecule has 0 radical (unpaired) electrons. The quantitative estimate of drug-likeness (QED) is 0.648. The minimum Gasteiger partial charge on any atom is -0.496 e. The standard InChI is InChI=1S/C23H24N4O4/c1-16-15-24-23(25-21(16)17-8-9-19(22(28)29)20(14-17)30-2)27(18-6-4-3-5-7-18)26-10-12-31-13-11-26/h3-9,14-15H,10-13H2,1-2H3,(H,28,29). The monoisotopic (exact) mass is 420 g/mol. The first-order valence-electron chi connectivity index (χ1n) is 10.0. The Balaban J connectivity index is 1.79. The zero-order valence-corrected chi connectivity index (χ0v) is 17.5. The summed E-state index contributed by atoms with van der Waals surface area (Å²) in [5.74, 6) is -0.210. The Kier molecular flexibility index (Phi) is 6.11. The van der Waals surface area contributed by atoms with Gasteiger partial charge in [0, 0.05) is 24.8 Å². The number of hydrogen-bond donors (Lipinski definition) is 1. The maximum absolute atomic E-state index is 11.4. The van der Waals surface area contributed by atoms with Gasteiger partial charge < -0.3 is 14.6 Å². The Morgan fingerprint density at radius 3 is 2.58 bits per heavy atom. The Labute approximate surface area is 180 Å². The highest BCUT2D eigenvalue weighted by molar-refractivity contribution is 5.92. The molecular weight excluding hydrogens is 396 g/mol. The van der Waals surface area contributed by atoms with Crippen LogP contribution in [-0.4, -0.2) is 59.5 Å². The Morgan fingerprint density at radius 1 is 1.16 bits per heavy atom. The fraction of sp³-hybridized carbons (Fsp3) is 0.261. The van der Waals surface area contributed by atoms with E-state index in [0.29, 0.717) is 19.2 Å². The molecule has 8 nitrogen and oxygen atoms in total. The number of hydrazine groups is 1. The third kappa shape index (κ3) is 4.35. The number of aromatic nitrogens is 2. The van der Waals surface area contributed by atoms with Gasteiger partial charge in [-0.1, -0.05) is 24.3 Å². The first-order valence-corrected chi connectivity index (χ1v) is 10.0. The number of carboxylic acid groups (broad SMARTS) is 1. The molecule has 160 valence electrons. The molecule has 0 spiro atoms. The molecule has 1 aliphatic heterocycles. The van der Waals surface area contributed by atoms with E-state index in [4.69, 9.17) is 14.5 Å². The smallest absolute Gasteiger partial charge is 0.339 e. The minimum absolute atomic E-state index is 0.109. The summed E-state index contributed by atoms with van der Waals surface area (Å²) in [7, 11) is 1.46. The van der Waals surface area contributed by atoms with Gasteiger partial charge in [0.2, 0.25) is 5.95 Å². The minimum atomic E-state index is -1.04. The molecule has 4 rings (SSSR count). The van der Waals surface area contributed by atoms with Crippen LogP contribution in [0.25, 0.3) is 11.3 Å². The number of benzene rings is 2. The zero-order chi connectivity index (χ0) is 21.8. The van der Waals surface area contributed by atoms with Gasteiger partial charge in [0.25, 0.3) is 0 Å². The summed E-state index contributed by atoms with van der Waals surface area (Å²) in [5, 5.41) is 13.5. The number of morpholine rings is 1. The summed E-state index contributed by atoms with van der Waals surface area (Å²) < 4.78 is 10.8. The van der Waals surface area contributed by atoms with E-state index in [2.05, 4.69) is 9.99 Å². The van der Waals surface area contributed by atoms with Crippen molar-refractivity contribution in [2.75, 3.05) is 38.4 Å². The molecule has 0 amide bonds. The van der Waals surface area contributed by atoms with Crippen LogP contribution < -0.4 is 9.75 Å². The molecule has 0 aliphatic carbocycles. The van der Waals surface area contributed by atoms with Crippen molar-refractivity contribution in [2.45, 2.75) is 6.92 Å². The Morgan fingerprint density at radius 2 is 1.90 bits per heavy atom. The number of ether oxygens (including phenoxy) is 2. The predicted octanol–water partition coefficient (Wildman–Crippen LogP) is 3.54. The van der Waals surface area contributed by atoms with Gasteiger partial charge in [0.15, 0.2) is 0 Å². The third-order valence-corrected chi connectivity index (χ3v) is 5.12. The lowest BCUT2D eigenvalue weighted by molar-refractivity contribution is 0.0371. The van der Waals surface area contributed by atoms with E-state index in [9.17, 15) is 9.90 Å². The number of hydrogen-bond acceptors (Lipinski definition) is 7. The van der Waals surface area contributed by atoms with Crippen LogP contribution in [0.5, 0.6) is 5.75 Å². The Bertz CT molecular complexity index is 1070. The molecule has 2 heterocycles. The van der Waals surface area contributed by atoms with Gasteiger partial charge in [-0.2, -0.15) is 0 Å². The van der Waals surface area contributed by atoms with Gasteiger partial charge >= 0.3 is 5.97 Å². The van der Waals surface area contributed by atoms with Crippen molar-refractivity contribution in [1.29, 1.82) is 0 Å². The lowest BCUT2D eigenvalue weighted by Crippen LogP contribution is -2.47. The van der Waals surface area contributed by atoms with E-state index in [1.54, 1.807) is 18.3 Å². The molecule has 3 aromatic rings.